The maximum Gasteiger partial charge on any atom is 0.408 e. The van der Waals surface area contributed by atoms with Crippen LogP contribution in [0.4, 0.5) is 9.18 Å². The molecule has 0 unspecified atom stereocenters. The number of aromatic amines is 1. The molecule has 0 bridgehead atoms. The van der Waals surface area contributed by atoms with E-state index in [1.54, 1.807) is 0 Å². The van der Waals surface area contributed by atoms with Gasteiger partial charge in [-0.2, -0.15) is 0 Å². The zero-order chi connectivity index (χ0) is 29.7. The standard InChI is InChI=1S/C29H31FN4O7/c1-29(2,3)24(34-28(38)40-15-16-8-6-5-7-9-16)26-33-22(25(36)32-21(14-35)27(37)39-4)23(41-26)19-13-31-20-11-10-17(30)12-18(19)20/h5-13,21,24,31,35H,14-15H2,1-4H3,(H,32,36)(H,34,38)/t21-,24+/m0/s1. The van der Waals surface area contributed by atoms with Gasteiger partial charge in [0.2, 0.25) is 5.89 Å². The van der Waals surface area contributed by atoms with Crippen molar-refractivity contribution in [2.45, 2.75) is 39.5 Å². The molecule has 41 heavy (non-hydrogen) atoms. The molecule has 0 aliphatic heterocycles. The summed E-state index contributed by atoms with van der Waals surface area (Å²) < 4.78 is 30.3. The fourth-order valence-electron chi connectivity index (χ4n) is 4.16. The first-order valence-corrected chi connectivity index (χ1v) is 12.8. The van der Waals surface area contributed by atoms with Gasteiger partial charge in [-0.05, 0) is 29.2 Å². The second kappa shape index (κ2) is 12.2. The Balaban J connectivity index is 1.73. The molecule has 2 aromatic carbocycles. The van der Waals surface area contributed by atoms with E-state index in [2.05, 4.69) is 25.3 Å². The Bertz CT molecular complexity index is 1540. The van der Waals surface area contributed by atoms with E-state index in [1.165, 1.54) is 24.4 Å². The van der Waals surface area contributed by atoms with Crippen LogP contribution in [0.15, 0.2) is 59.1 Å². The van der Waals surface area contributed by atoms with E-state index in [0.29, 0.717) is 16.5 Å². The highest BCUT2D eigenvalue weighted by Gasteiger charge is 2.36. The quantitative estimate of drug-likeness (QED) is 0.219. The van der Waals surface area contributed by atoms with Gasteiger partial charge < -0.3 is 34.6 Å². The van der Waals surface area contributed by atoms with E-state index in [0.717, 1.165) is 12.7 Å². The van der Waals surface area contributed by atoms with Gasteiger partial charge in [0, 0.05) is 22.7 Å². The number of hydrogen-bond donors (Lipinski definition) is 4. The lowest BCUT2D eigenvalue weighted by atomic mass is 9.87. The van der Waals surface area contributed by atoms with E-state index in [9.17, 15) is 23.9 Å². The molecule has 2 atom stereocenters. The van der Waals surface area contributed by atoms with Crippen molar-refractivity contribution in [3.05, 3.63) is 77.7 Å². The zero-order valence-electron chi connectivity index (χ0n) is 23.0. The van der Waals surface area contributed by atoms with Crippen LogP contribution in [0.2, 0.25) is 0 Å². The number of aliphatic hydroxyl groups is 1. The number of hydrogen-bond acceptors (Lipinski definition) is 8. The summed E-state index contributed by atoms with van der Waals surface area (Å²) in [6.07, 6.45) is 0.794. The van der Waals surface area contributed by atoms with Gasteiger partial charge in [-0.1, -0.05) is 51.1 Å². The summed E-state index contributed by atoms with van der Waals surface area (Å²) in [6.45, 7) is 4.80. The maximum atomic E-state index is 14.2. The molecule has 2 heterocycles. The number of aliphatic hydroxyl groups excluding tert-OH is 1. The van der Waals surface area contributed by atoms with Crippen LogP contribution >= 0.6 is 0 Å². The number of nitrogens with one attached hydrogen (secondary N) is 3. The minimum atomic E-state index is -1.37. The Labute approximate surface area is 235 Å². The molecule has 2 amide bonds. The van der Waals surface area contributed by atoms with Crippen molar-refractivity contribution < 1.29 is 37.8 Å². The Morgan fingerprint density at radius 2 is 1.85 bits per heavy atom. The van der Waals surface area contributed by atoms with Gasteiger partial charge in [0.25, 0.3) is 5.91 Å². The smallest absolute Gasteiger partial charge is 0.408 e. The first kappa shape index (κ1) is 29.3. The van der Waals surface area contributed by atoms with Gasteiger partial charge in [0.1, 0.15) is 18.5 Å². The van der Waals surface area contributed by atoms with Gasteiger partial charge in [-0.15, -0.1) is 0 Å². The summed E-state index contributed by atoms with van der Waals surface area (Å²) in [5.41, 5.74) is 0.766. The molecule has 0 spiro atoms. The van der Waals surface area contributed by atoms with Crippen LogP contribution in [0.5, 0.6) is 0 Å². The van der Waals surface area contributed by atoms with Gasteiger partial charge >= 0.3 is 12.1 Å². The number of aromatic nitrogens is 2. The highest BCUT2D eigenvalue weighted by Crippen LogP contribution is 2.38. The summed E-state index contributed by atoms with van der Waals surface area (Å²) in [6, 6.07) is 11.0. The summed E-state index contributed by atoms with van der Waals surface area (Å²) in [4.78, 5) is 45.6. The molecule has 4 aromatic rings. The van der Waals surface area contributed by atoms with Crippen molar-refractivity contribution in [2.24, 2.45) is 5.41 Å². The Morgan fingerprint density at radius 3 is 2.51 bits per heavy atom. The molecule has 216 valence electrons. The fraction of sp³-hybridized carbons (Fsp3) is 0.310. The van der Waals surface area contributed by atoms with E-state index in [4.69, 9.17) is 9.15 Å². The summed E-state index contributed by atoms with van der Waals surface area (Å²) >= 11 is 0. The highest BCUT2D eigenvalue weighted by atomic mass is 19.1. The van der Waals surface area contributed by atoms with Crippen molar-refractivity contribution in [3.63, 3.8) is 0 Å². The Kier molecular flexibility index (Phi) is 8.72. The third-order valence-electron chi connectivity index (χ3n) is 6.31. The number of methoxy groups -OCH3 is 1. The second-order valence-corrected chi connectivity index (χ2v) is 10.4. The molecule has 4 rings (SSSR count). The van der Waals surface area contributed by atoms with Gasteiger partial charge in [0.15, 0.2) is 17.5 Å². The molecule has 11 nitrogen and oxygen atoms in total. The van der Waals surface area contributed by atoms with E-state index >= 15 is 0 Å². The minimum absolute atomic E-state index is 0.0290. The summed E-state index contributed by atoms with van der Waals surface area (Å²) in [5.74, 6) is -2.30. The molecular weight excluding hydrogens is 535 g/mol. The monoisotopic (exact) mass is 566 g/mol. The average Bonchev–Trinajstić information content (AvgIpc) is 3.57. The van der Waals surface area contributed by atoms with Crippen LogP contribution in [0, 0.1) is 11.2 Å². The predicted molar refractivity (Wildman–Crippen MR) is 146 cm³/mol. The number of ether oxygens (including phenoxy) is 2. The summed E-state index contributed by atoms with van der Waals surface area (Å²) in [7, 11) is 1.12. The zero-order valence-corrected chi connectivity index (χ0v) is 23.0. The van der Waals surface area contributed by atoms with Gasteiger partial charge in [-0.25, -0.2) is 19.0 Å². The number of esters is 1. The minimum Gasteiger partial charge on any atom is -0.467 e. The number of amides is 2. The first-order valence-electron chi connectivity index (χ1n) is 12.8. The predicted octanol–water partition coefficient (Wildman–Crippen LogP) is 4.24. The number of carbonyl (C=O) groups excluding carboxylic acids is 3. The number of nitrogens with zero attached hydrogens (tertiary/aromatic N) is 1. The van der Waals surface area contributed by atoms with Crippen LogP contribution in [0.1, 0.15) is 48.8 Å². The number of alkyl carbamates (subject to hydrolysis) is 1. The highest BCUT2D eigenvalue weighted by molar-refractivity contribution is 6.04. The largest absolute Gasteiger partial charge is 0.467 e. The van der Waals surface area contributed by atoms with Crippen molar-refractivity contribution >= 4 is 28.9 Å². The molecule has 0 fully saturated rings. The van der Waals surface area contributed by atoms with Crippen molar-refractivity contribution in [3.8, 4) is 11.3 Å². The molecule has 2 aromatic heterocycles. The van der Waals surface area contributed by atoms with Gasteiger partial charge in [0.05, 0.1) is 13.7 Å². The molecule has 0 aliphatic carbocycles. The Morgan fingerprint density at radius 1 is 1.12 bits per heavy atom. The van der Waals surface area contributed by atoms with Crippen LogP contribution in [-0.4, -0.2) is 52.8 Å². The van der Waals surface area contributed by atoms with E-state index in [-0.39, 0.29) is 24.0 Å². The molecule has 4 N–H and O–H groups in total. The Hall–Kier alpha value is -4.71. The number of rotatable bonds is 9. The lowest BCUT2D eigenvalue weighted by Crippen LogP contribution is -2.44. The van der Waals surface area contributed by atoms with Crippen molar-refractivity contribution in [2.75, 3.05) is 13.7 Å². The third-order valence-corrected chi connectivity index (χ3v) is 6.31. The number of fused-ring (bicyclic) bond motifs is 1. The topological polar surface area (TPSA) is 156 Å². The molecule has 0 saturated carbocycles. The van der Waals surface area contributed by atoms with Gasteiger partial charge in [-0.3, -0.25) is 4.79 Å². The number of benzene rings is 2. The van der Waals surface area contributed by atoms with Crippen LogP contribution < -0.4 is 10.6 Å². The number of H-pyrrole nitrogens is 1. The average molecular weight is 567 g/mol. The lowest BCUT2D eigenvalue weighted by Gasteiger charge is -2.28. The maximum absolute atomic E-state index is 14.2. The number of halogens is 1. The van der Waals surface area contributed by atoms with Crippen LogP contribution in [-0.2, 0) is 20.9 Å². The lowest BCUT2D eigenvalue weighted by molar-refractivity contribution is -0.143. The third kappa shape index (κ3) is 6.72. The molecular formula is C29H31FN4O7. The van der Waals surface area contributed by atoms with E-state index < -0.39 is 47.9 Å². The first-order chi connectivity index (χ1) is 19.5. The van der Waals surface area contributed by atoms with E-state index in [1.807, 2.05) is 51.1 Å². The summed E-state index contributed by atoms with van der Waals surface area (Å²) in [5, 5.41) is 15.2. The fourth-order valence-corrected chi connectivity index (χ4v) is 4.16. The van der Waals surface area contributed by atoms with Crippen molar-refractivity contribution in [1.29, 1.82) is 0 Å². The van der Waals surface area contributed by atoms with Crippen LogP contribution in [0.3, 0.4) is 0 Å². The number of carbonyl (C=O) groups is 3. The normalized spacial score (nSPS) is 12.9. The second-order valence-electron chi connectivity index (χ2n) is 10.4. The van der Waals surface area contributed by atoms with Crippen molar-refractivity contribution in [1.82, 2.24) is 20.6 Å². The molecule has 0 aliphatic rings. The molecule has 0 saturated heterocycles. The number of oxazole rings is 1. The SMILES string of the molecule is COC(=O)[C@H](CO)NC(=O)c1nc([C@@H](NC(=O)OCc2ccccc2)C(C)(C)C)oc1-c1c[nH]c2ccc(F)cc12. The van der Waals surface area contributed by atoms with Crippen LogP contribution in [0.25, 0.3) is 22.2 Å². The molecule has 0 radical (unpaired) electrons. The molecule has 12 heteroatoms.